The highest BCUT2D eigenvalue weighted by atomic mass is 19.1. The molecule has 4 nitrogen and oxygen atoms in total. The van der Waals surface area contributed by atoms with E-state index in [0.29, 0.717) is 24.1 Å². The molecule has 1 aliphatic rings. The summed E-state index contributed by atoms with van der Waals surface area (Å²) in [5, 5.41) is 2.50. The van der Waals surface area contributed by atoms with Crippen LogP contribution in [-0.4, -0.2) is 11.9 Å². The van der Waals surface area contributed by atoms with Gasteiger partial charge < -0.3 is 4.74 Å². The number of halogens is 1. The summed E-state index contributed by atoms with van der Waals surface area (Å²) in [6.07, 6.45) is 0.144. The van der Waals surface area contributed by atoms with Crippen LogP contribution in [0.4, 0.5) is 14.9 Å². The summed E-state index contributed by atoms with van der Waals surface area (Å²) in [5.41, 5.74) is 1.72. The van der Waals surface area contributed by atoms with Gasteiger partial charge in [-0.3, -0.25) is 10.1 Å². The van der Waals surface area contributed by atoms with Crippen LogP contribution < -0.4 is 5.32 Å². The molecule has 0 spiro atoms. The molecule has 2 aromatic rings. The number of rotatable bonds is 4. The number of ketones is 1. The first-order chi connectivity index (χ1) is 11.1. The van der Waals surface area contributed by atoms with Crippen molar-refractivity contribution in [3.05, 3.63) is 65.5 Å². The topological polar surface area (TPSA) is 55.4 Å². The van der Waals surface area contributed by atoms with Gasteiger partial charge in [0.05, 0.1) is 0 Å². The van der Waals surface area contributed by atoms with Crippen molar-refractivity contribution in [1.29, 1.82) is 0 Å². The quantitative estimate of drug-likeness (QED) is 0.927. The maximum absolute atomic E-state index is 14.0. The fourth-order valence-corrected chi connectivity index (χ4v) is 2.52. The van der Waals surface area contributed by atoms with Crippen molar-refractivity contribution in [1.82, 2.24) is 0 Å². The number of hydrogen-bond acceptors (Lipinski definition) is 3. The van der Waals surface area contributed by atoms with Crippen molar-refractivity contribution in [3.63, 3.8) is 0 Å². The predicted molar refractivity (Wildman–Crippen MR) is 83.6 cm³/mol. The average molecular weight is 313 g/mol. The van der Waals surface area contributed by atoms with Crippen LogP contribution in [0.15, 0.2) is 48.5 Å². The van der Waals surface area contributed by atoms with Gasteiger partial charge in [-0.1, -0.05) is 36.4 Å². The fourth-order valence-electron chi connectivity index (χ4n) is 2.52. The molecule has 23 heavy (non-hydrogen) atoms. The number of anilines is 1. The lowest BCUT2D eigenvalue weighted by Crippen LogP contribution is -2.22. The first-order valence-electron chi connectivity index (χ1n) is 7.40. The molecule has 5 heteroatoms. The van der Waals surface area contributed by atoms with Crippen molar-refractivity contribution in [2.24, 2.45) is 0 Å². The molecule has 1 N–H and O–H groups in total. The summed E-state index contributed by atoms with van der Waals surface area (Å²) >= 11 is 0. The van der Waals surface area contributed by atoms with Crippen molar-refractivity contribution in [2.45, 2.75) is 25.4 Å². The predicted octanol–water partition coefficient (Wildman–Crippen LogP) is 4.02. The molecule has 1 saturated carbocycles. The number of hydrogen-bond donors (Lipinski definition) is 1. The molecule has 0 bridgehead atoms. The molecular formula is C18H16FNO3. The van der Waals surface area contributed by atoms with E-state index in [-0.39, 0.29) is 18.3 Å². The zero-order valence-corrected chi connectivity index (χ0v) is 12.4. The molecule has 0 aromatic heterocycles. The number of carbonyl (C=O) groups excluding carboxylic acids is 2. The smallest absolute Gasteiger partial charge is 0.411 e. The molecule has 3 rings (SSSR count). The van der Waals surface area contributed by atoms with E-state index in [1.54, 1.807) is 12.1 Å². The van der Waals surface area contributed by atoms with Gasteiger partial charge in [0.2, 0.25) is 0 Å². The highest BCUT2D eigenvalue weighted by Crippen LogP contribution is 2.35. The molecule has 0 unspecified atom stereocenters. The average Bonchev–Trinajstić information content (AvgIpc) is 2.52. The zero-order valence-electron chi connectivity index (χ0n) is 12.4. The van der Waals surface area contributed by atoms with Crippen molar-refractivity contribution in [2.75, 3.05) is 5.32 Å². The van der Waals surface area contributed by atoms with E-state index in [4.69, 9.17) is 4.74 Å². The molecule has 2 aromatic carbocycles. The highest BCUT2D eigenvalue weighted by molar-refractivity contribution is 5.87. The molecule has 0 radical (unpaired) electrons. The van der Waals surface area contributed by atoms with E-state index < -0.39 is 11.9 Å². The van der Waals surface area contributed by atoms with E-state index in [9.17, 15) is 14.0 Å². The molecule has 0 saturated heterocycles. The Morgan fingerprint density at radius 1 is 1.17 bits per heavy atom. The van der Waals surface area contributed by atoms with Gasteiger partial charge in [-0.15, -0.1) is 0 Å². The summed E-state index contributed by atoms with van der Waals surface area (Å²) in [6, 6.07) is 13.8. The largest absolute Gasteiger partial charge is 0.444 e. The Bertz CT molecular complexity index is 722. The van der Waals surface area contributed by atoms with Crippen LogP contribution in [0.2, 0.25) is 0 Å². The van der Waals surface area contributed by atoms with Gasteiger partial charge in [0.15, 0.2) is 0 Å². The number of nitrogens with one attached hydrogen (secondary N) is 1. The number of benzene rings is 2. The lowest BCUT2D eigenvalue weighted by Gasteiger charge is -2.25. The minimum absolute atomic E-state index is 0.0402. The number of Topliss-reactive ketones (excluding diaryl/α,β-unsaturated/α-hetero) is 1. The minimum atomic E-state index is -0.639. The monoisotopic (exact) mass is 313 g/mol. The van der Waals surface area contributed by atoms with Crippen LogP contribution in [0.1, 0.15) is 29.9 Å². The lowest BCUT2D eigenvalue weighted by molar-refractivity contribution is -0.124. The van der Waals surface area contributed by atoms with Crippen LogP contribution in [0, 0.1) is 5.82 Å². The van der Waals surface area contributed by atoms with Gasteiger partial charge in [0.25, 0.3) is 0 Å². The Hall–Kier alpha value is -2.69. The second kappa shape index (κ2) is 6.60. The first-order valence-corrected chi connectivity index (χ1v) is 7.40. The Morgan fingerprint density at radius 2 is 1.91 bits per heavy atom. The van der Waals surface area contributed by atoms with Crippen LogP contribution >= 0.6 is 0 Å². The molecule has 0 heterocycles. The number of ether oxygens (including phenoxy) is 1. The van der Waals surface area contributed by atoms with E-state index in [0.717, 1.165) is 5.56 Å². The van der Waals surface area contributed by atoms with Crippen molar-refractivity contribution >= 4 is 17.6 Å². The molecule has 1 aliphatic carbocycles. The number of amides is 1. The van der Waals surface area contributed by atoms with Crippen molar-refractivity contribution < 1.29 is 18.7 Å². The maximum atomic E-state index is 14.0. The van der Waals surface area contributed by atoms with Gasteiger partial charge in [-0.25, -0.2) is 9.18 Å². The second-order valence-electron chi connectivity index (χ2n) is 5.57. The van der Waals surface area contributed by atoms with Crippen LogP contribution in [0.3, 0.4) is 0 Å². The van der Waals surface area contributed by atoms with Gasteiger partial charge in [-0.05, 0) is 23.3 Å². The Kier molecular flexibility index (Phi) is 4.37. The summed E-state index contributed by atoms with van der Waals surface area (Å²) in [6.45, 7) is 0.150. The van der Waals surface area contributed by atoms with E-state index in [1.165, 1.54) is 6.07 Å². The third kappa shape index (κ3) is 3.74. The van der Waals surface area contributed by atoms with Gasteiger partial charge >= 0.3 is 6.09 Å². The second-order valence-corrected chi connectivity index (χ2v) is 5.57. The maximum Gasteiger partial charge on any atom is 0.411 e. The normalized spacial score (nSPS) is 14.2. The standard InChI is InChI=1S/C18H16FNO3/c19-17-10-14(6-7-16(17)13-8-15(21)9-13)20-18(22)23-11-12-4-2-1-3-5-12/h1-7,10,13H,8-9,11H2,(H,20,22). The third-order valence-corrected chi connectivity index (χ3v) is 3.85. The van der Waals surface area contributed by atoms with Crippen LogP contribution in [0.5, 0.6) is 0 Å². The Balaban J connectivity index is 1.56. The highest BCUT2D eigenvalue weighted by Gasteiger charge is 2.29. The van der Waals surface area contributed by atoms with E-state index in [1.807, 2.05) is 30.3 Å². The molecule has 1 amide bonds. The van der Waals surface area contributed by atoms with Crippen molar-refractivity contribution in [3.8, 4) is 0 Å². The lowest BCUT2D eigenvalue weighted by atomic mass is 9.78. The summed E-state index contributed by atoms with van der Waals surface area (Å²) in [4.78, 5) is 22.7. The van der Waals surface area contributed by atoms with E-state index >= 15 is 0 Å². The SMILES string of the molecule is O=C1CC(c2ccc(NC(=O)OCc3ccccc3)cc2F)C1. The van der Waals surface area contributed by atoms with Crippen LogP contribution in [0.25, 0.3) is 0 Å². The van der Waals surface area contributed by atoms with Gasteiger partial charge in [0.1, 0.15) is 18.2 Å². The summed E-state index contributed by atoms with van der Waals surface area (Å²) < 4.78 is 19.1. The first kappa shape index (κ1) is 15.2. The summed E-state index contributed by atoms with van der Waals surface area (Å²) in [7, 11) is 0. The molecule has 118 valence electrons. The fraction of sp³-hybridized carbons (Fsp3) is 0.222. The van der Waals surface area contributed by atoms with Gasteiger partial charge in [-0.2, -0.15) is 0 Å². The molecular weight excluding hydrogens is 297 g/mol. The van der Waals surface area contributed by atoms with Gasteiger partial charge in [0, 0.05) is 24.4 Å². The Morgan fingerprint density at radius 3 is 2.57 bits per heavy atom. The number of carbonyl (C=O) groups is 2. The molecule has 1 fully saturated rings. The summed E-state index contributed by atoms with van der Waals surface area (Å²) in [5.74, 6) is -0.300. The zero-order chi connectivity index (χ0) is 16.2. The van der Waals surface area contributed by atoms with Crippen LogP contribution in [-0.2, 0) is 16.1 Å². The molecule has 0 aliphatic heterocycles. The third-order valence-electron chi connectivity index (χ3n) is 3.85. The Labute approximate surface area is 133 Å². The molecule has 0 atom stereocenters. The minimum Gasteiger partial charge on any atom is -0.444 e. The van der Waals surface area contributed by atoms with E-state index in [2.05, 4.69) is 5.32 Å².